The number of hydrogen-bond donors (Lipinski definition) is 4. The molecule has 1 aromatic carbocycles. The number of aryl methyl sites for hydroxylation is 2. The van der Waals surface area contributed by atoms with Gasteiger partial charge in [-0.2, -0.15) is 4.98 Å². The average Bonchev–Trinajstić information content (AvgIpc) is 2.70. The number of aromatic hydroxyl groups is 1. The van der Waals surface area contributed by atoms with Crippen molar-refractivity contribution in [3.8, 4) is 5.88 Å². The summed E-state index contributed by atoms with van der Waals surface area (Å²) < 4.78 is 27.6. The van der Waals surface area contributed by atoms with Gasteiger partial charge in [0.1, 0.15) is 0 Å². The standard InChI is InChI=1S/C20H22N6O5S2/c1-4-15(32-20-24-16(27)10-17(28)25-20)18(29)23-13-5-7-14(8-6-13)33(30,31)26-19-21-11(2)9-12(3)22-19/h5-10,15H,4H2,1-3H3,(H,23,29)(H,21,22,26)(H2,24,25,27,28). The Labute approximate surface area is 194 Å². The molecular weight excluding hydrogens is 468 g/mol. The lowest BCUT2D eigenvalue weighted by Crippen LogP contribution is -2.25. The lowest BCUT2D eigenvalue weighted by Gasteiger charge is -2.14. The van der Waals surface area contributed by atoms with E-state index < -0.39 is 26.7 Å². The van der Waals surface area contributed by atoms with Crippen molar-refractivity contribution >= 4 is 39.3 Å². The summed E-state index contributed by atoms with van der Waals surface area (Å²) in [5.41, 5.74) is 1.12. The van der Waals surface area contributed by atoms with E-state index in [0.717, 1.165) is 17.8 Å². The third-order valence-electron chi connectivity index (χ3n) is 4.26. The zero-order valence-electron chi connectivity index (χ0n) is 18.0. The first-order valence-electron chi connectivity index (χ1n) is 9.79. The highest BCUT2D eigenvalue weighted by molar-refractivity contribution is 8.00. The summed E-state index contributed by atoms with van der Waals surface area (Å²) >= 11 is 0.997. The number of sulfonamides is 1. The highest BCUT2D eigenvalue weighted by Crippen LogP contribution is 2.24. The second-order valence-electron chi connectivity index (χ2n) is 7.02. The van der Waals surface area contributed by atoms with E-state index in [4.69, 9.17) is 0 Å². The number of H-pyrrole nitrogens is 1. The SMILES string of the molecule is CCC(Sc1nc(O)cc(=O)[nH]1)C(=O)Nc1ccc(S(=O)(=O)Nc2nc(C)cc(C)n2)cc1. The molecule has 0 aliphatic heterocycles. The molecule has 0 saturated carbocycles. The number of amides is 1. The van der Waals surface area contributed by atoms with E-state index in [0.29, 0.717) is 23.5 Å². The second kappa shape index (κ2) is 10.0. The summed E-state index contributed by atoms with van der Waals surface area (Å²) in [6.45, 7) is 5.26. The molecule has 1 unspecified atom stereocenters. The number of nitrogens with one attached hydrogen (secondary N) is 3. The molecule has 0 fully saturated rings. The van der Waals surface area contributed by atoms with E-state index in [1.165, 1.54) is 24.3 Å². The van der Waals surface area contributed by atoms with Crippen molar-refractivity contribution in [2.24, 2.45) is 0 Å². The van der Waals surface area contributed by atoms with Crippen LogP contribution in [-0.4, -0.2) is 44.6 Å². The third kappa shape index (κ3) is 6.52. The Bertz CT molecular complexity index is 1310. The molecule has 2 aromatic heterocycles. The quantitative estimate of drug-likeness (QED) is 0.273. The van der Waals surface area contributed by atoms with Crippen molar-refractivity contribution < 1.29 is 18.3 Å². The fourth-order valence-electron chi connectivity index (χ4n) is 2.83. The number of benzene rings is 1. The van der Waals surface area contributed by atoms with Crippen LogP contribution in [0.4, 0.5) is 11.6 Å². The third-order valence-corrected chi connectivity index (χ3v) is 6.86. The number of rotatable bonds is 8. The van der Waals surface area contributed by atoms with Gasteiger partial charge in [-0.15, -0.1) is 0 Å². The predicted octanol–water partition coefficient (Wildman–Crippen LogP) is 2.19. The molecule has 0 bridgehead atoms. The lowest BCUT2D eigenvalue weighted by atomic mass is 10.3. The second-order valence-corrected chi connectivity index (χ2v) is 9.89. The summed E-state index contributed by atoms with van der Waals surface area (Å²) in [5, 5.41) is 11.7. The molecule has 1 atom stereocenters. The number of anilines is 2. The van der Waals surface area contributed by atoms with E-state index >= 15 is 0 Å². The molecule has 174 valence electrons. The van der Waals surface area contributed by atoms with Crippen LogP contribution in [0, 0.1) is 13.8 Å². The van der Waals surface area contributed by atoms with Gasteiger partial charge in [-0.1, -0.05) is 18.7 Å². The molecule has 0 aliphatic carbocycles. The topological polar surface area (TPSA) is 167 Å². The van der Waals surface area contributed by atoms with Crippen LogP contribution in [0.3, 0.4) is 0 Å². The summed E-state index contributed by atoms with van der Waals surface area (Å²) in [6.07, 6.45) is 0.419. The fraction of sp³-hybridized carbons (Fsp3) is 0.250. The number of carbonyl (C=O) groups is 1. The van der Waals surface area contributed by atoms with E-state index in [1.807, 2.05) is 0 Å². The largest absolute Gasteiger partial charge is 0.493 e. The molecular formula is C20H22N6O5S2. The van der Waals surface area contributed by atoms with Crippen LogP contribution in [0.15, 0.2) is 51.2 Å². The summed E-state index contributed by atoms with van der Waals surface area (Å²) in [7, 11) is -3.92. The zero-order chi connectivity index (χ0) is 24.2. The smallest absolute Gasteiger partial charge is 0.264 e. The molecule has 3 aromatic rings. The maximum atomic E-state index is 12.6. The van der Waals surface area contributed by atoms with Gasteiger partial charge in [0, 0.05) is 17.1 Å². The Kier molecular flexibility index (Phi) is 7.33. The summed E-state index contributed by atoms with van der Waals surface area (Å²) in [4.78, 5) is 38.5. The molecule has 0 radical (unpaired) electrons. The maximum absolute atomic E-state index is 12.6. The fourth-order valence-corrected chi connectivity index (χ4v) is 4.68. The van der Waals surface area contributed by atoms with Crippen molar-refractivity contribution in [2.45, 2.75) is 42.5 Å². The molecule has 0 aliphatic rings. The highest BCUT2D eigenvalue weighted by Gasteiger charge is 2.21. The van der Waals surface area contributed by atoms with Crippen molar-refractivity contribution in [2.75, 3.05) is 10.0 Å². The summed E-state index contributed by atoms with van der Waals surface area (Å²) in [6, 6.07) is 8.28. The molecule has 4 N–H and O–H groups in total. The van der Waals surface area contributed by atoms with Crippen LogP contribution < -0.4 is 15.6 Å². The van der Waals surface area contributed by atoms with Gasteiger partial charge in [0.25, 0.3) is 15.6 Å². The van der Waals surface area contributed by atoms with Crippen LogP contribution >= 0.6 is 11.8 Å². The Morgan fingerprint density at radius 1 is 1.12 bits per heavy atom. The van der Waals surface area contributed by atoms with Crippen LogP contribution in [0.2, 0.25) is 0 Å². The molecule has 0 saturated heterocycles. The first kappa shape index (κ1) is 24.2. The van der Waals surface area contributed by atoms with Gasteiger partial charge in [0.15, 0.2) is 5.16 Å². The Hall–Kier alpha value is -3.45. The molecule has 3 rings (SSSR count). The molecule has 11 nitrogen and oxygen atoms in total. The Morgan fingerprint density at radius 2 is 1.76 bits per heavy atom. The molecule has 1 amide bonds. The number of nitrogens with zero attached hydrogens (tertiary/aromatic N) is 3. The first-order valence-corrected chi connectivity index (χ1v) is 12.1. The van der Waals surface area contributed by atoms with Crippen LogP contribution in [0.5, 0.6) is 5.88 Å². The van der Waals surface area contributed by atoms with E-state index in [1.54, 1.807) is 26.8 Å². The number of aromatic nitrogens is 4. The van der Waals surface area contributed by atoms with Gasteiger partial charge >= 0.3 is 0 Å². The molecule has 0 spiro atoms. The van der Waals surface area contributed by atoms with Gasteiger partial charge in [0.05, 0.1) is 16.2 Å². The Balaban J connectivity index is 1.69. The number of hydrogen-bond acceptors (Lipinski definition) is 9. The first-order chi connectivity index (χ1) is 15.6. The van der Waals surface area contributed by atoms with Crippen LogP contribution in [0.25, 0.3) is 0 Å². The minimum Gasteiger partial charge on any atom is -0.493 e. The van der Waals surface area contributed by atoms with Gasteiger partial charge < -0.3 is 15.4 Å². The van der Waals surface area contributed by atoms with Crippen molar-refractivity contribution in [3.63, 3.8) is 0 Å². The van der Waals surface area contributed by atoms with Crippen molar-refractivity contribution in [1.82, 2.24) is 19.9 Å². The molecule has 33 heavy (non-hydrogen) atoms. The number of aromatic amines is 1. The number of thioether (sulfide) groups is 1. The highest BCUT2D eigenvalue weighted by atomic mass is 32.2. The predicted molar refractivity (Wildman–Crippen MR) is 124 cm³/mol. The van der Waals surface area contributed by atoms with Crippen LogP contribution in [0.1, 0.15) is 24.7 Å². The van der Waals surface area contributed by atoms with E-state index in [9.17, 15) is 23.1 Å². The van der Waals surface area contributed by atoms with Gasteiger partial charge in [-0.05, 0) is 50.6 Å². The minimum absolute atomic E-state index is 0.0220. The molecule has 2 heterocycles. The van der Waals surface area contributed by atoms with E-state index in [2.05, 4.69) is 30.0 Å². The van der Waals surface area contributed by atoms with Crippen molar-refractivity contribution in [3.05, 3.63) is 58.1 Å². The average molecular weight is 491 g/mol. The normalized spacial score (nSPS) is 12.2. The van der Waals surface area contributed by atoms with E-state index in [-0.39, 0.29) is 21.9 Å². The van der Waals surface area contributed by atoms with Gasteiger partial charge in [-0.25, -0.2) is 23.1 Å². The molecule has 13 heteroatoms. The van der Waals surface area contributed by atoms with Gasteiger partial charge in [-0.3, -0.25) is 9.59 Å². The number of carbonyl (C=O) groups excluding carboxylic acids is 1. The Morgan fingerprint density at radius 3 is 2.33 bits per heavy atom. The van der Waals surface area contributed by atoms with Crippen molar-refractivity contribution in [1.29, 1.82) is 0 Å². The minimum atomic E-state index is -3.92. The maximum Gasteiger partial charge on any atom is 0.264 e. The van der Waals surface area contributed by atoms with Crippen LogP contribution in [-0.2, 0) is 14.8 Å². The van der Waals surface area contributed by atoms with Gasteiger partial charge in [0.2, 0.25) is 17.7 Å². The summed E-state index contributed by atoms with van der Waals surface area (Å²) in [5.74, 6) is -0.828. The lowest BCUT2D eigenvalue weighted by molar-refractivity contribution is -0.115. The zero-order valence-corrected chi connectivity index (χ0v) is 19.6. The monoisotopic (exact) mass is 490 g/mol.